The van der Waals surface area contributed by atoms with Gasteiger partial charge in [-0.15, -0.1) is 0 Å². The lowest BCUT2D eigenvalue weighted by atomic mass is 10.2. The number of hydrogen-bond acceptors (Lipinski definition) is 7. The van der Waals surface area contributed by atoms with Crippen LogP contribution in [-0.2, 0) is 14.3 Å². The largest absolute Gasteiger partial charge is 0.464 e. The molecule has 0 aromatic carbocycles. The molecule has 0 spiro atoms. The van der Waals surface area contributed by atoms with Gasteiger partial charge in [0.2, 0.25) is 5.91 Å². The summed E-state index contributed by atoms with van der Waals surface area (Å²) in [7, 11) is 1.26. The third-order valence-electron chi connectivity index (χ3n) is 3.00. The summed E-state index contributed by atoms with van der Waals surface area (Å²) in [6, 6.07) is 2.96. The lowest BCUT2D eigenvalue weighted by molar-refractivity contribution is -0.118. The molecule has 1 aliphatic heterocycles. The smallest absolute Gasteiger partial charge is 0.356 e. The number of pyridine rings is 1. The van der Waals surface area contributed by atoms with Gasteiger partial charge < -0.3 is 25.2 Å². The van der Waals surface area contributed by atoms with E-state index in [2.05, 4.69) is 20.4 Å². The van der Waals surface area contributed by atoms with Gasteiger partial charge in [-0.1, -0.05) is 0 Å². The second-order valence-electron chi connectivity index (χ2n) is 4.45. The second-order valence-corrected chi connectivity index (χ2v) is 4.45. The minimum atomic E-state index is -0.635. The first-order chi connectivity index (χ1) is 10.1. The van der Waals surface area contributed by atoms with Gasteiger partial charge in [0.1, 0.15) is 6.61 Å². The molecule has 8 heteroatoms. The summed E-state index contributed by atoms with van der Waals surface area (Å²) in [5.74, 6) is -0.807. The van der Waals surface area contributed by atoms with Crippen LogP contribution in [0.1, 0.15) is 16.9 Å². The van der Waals surface area contributed by atoms with Crippen LogP contribution in [-0.4, -0.2) is 54.9 Å². The van der Waals surface area contributed by atoms with Gasteiger partial charge in [0.15, 0.2) is 11.5 Å². The third-order valence-corrected chi connectivity index (χ3v) is 3.00. The van der Waals surface area contributed by atoms with Crippen molar-refractivity contribution >= 4 is 23.4 Å². The first kappa shape index (κ1) is 15.2. The Labute approximate surface area is 121 Å². The molecular formula is C13H17N3O5. The number of methoxy groups -OCH3 is 1. The van der Waals surface area contributed by atoms with Gasteiger partial charge in [0, 0.05) is 13.2 Å². The van der Waals surface area contributed by atoms with Gasteiger partial charge in [0.25, 0.3) is 0 Å². The average molecular weight is 295 g/mol. The second kappa shape index (κ2) is 7.00. The monoisotopic (exact) mass is 295 g/mol. The molecule has 0 saturated carbocycles. The molecule has 0 radical (unpaired) electrons. The standard InChI is InChI=1S/C13H17N3O5/c1-20-13(19)10-3-2-9(15-11(18)7-17)12(16-10)14-6-8-4-5-21-8/h2-3,8,17H,4-7H2,1H3,(H,14,16)(H,15,18). The van der Waals surface area contributed by atoms with Crippen molar-refractivity contribution in [2.24, 2.45) is 0 Å². The van der Waals surface area contributed by atoms with Crippen LogP contribution in [0.25, 0.3) is 0 Å². The summed E-state index contributed by atoms with van der Waals surface area (Å²) in [6.07, 6.45) is 1.04. The van der Waals surface area contributed by atoms with E-state index < -0.39 is 18.5 Å². The Balaban J connectivity index is 2.16. The number of nitrogens with one attached hydrogen (secondary N) is 2. The predicted molar refractivity (Wildman–Crippen MR) is 74.1 cm³/mol. The SMILES string of the molecule is COC(=O)c1ccc(NC(=O)CO)c(NCC2CCO2)n1. The lowest BCUT2D eigenvalue weighted by Gasteiger charge is -2.27. The fraction of sp³-hybridized carbons (Fsp3) is 0.462. The zero-order valence-corrected chi connectivity index (χ0v) is 11.6. The van der Waals surface area contributed by atoms with Crippen molar-refractivity contribution in [2.45, 2.75) is 12.5 Å². The van der Waals surface area contributed by atoms with Crippen LogP contribution in [0.3, 0.4) is 0 Å². The van der Waals surface area contributed by atoms with Gasteiger partial charge >= 0.3 is 5.97 Å². The number of amides is 1. The fourth-order valence-electron chi connectivity index (χ4n) is 1.76. The number of aromatic nitrogens is 1. The van der Waals surface area contributed by atoms with Crippen LogP contribution in [0.4, 0.5) is 11.5 Å². The summed E-state index contributed by atoms with van der Waals surface area (Å²) in [5.41, 5.74) is 0.498. The zero-order chi connectivity index (χ0) is 15.2. The molecule has 1 saturated heterocycles. The van der Waals surface area contributed by atoms with Crippen LogP contribution < -0.4 is 10.6 Å². The quantitative estimate of drug-likeness (QED) is 0.634. The first-order valence-electron chi connectivity index (χ1n) is 6.49. The molecule has 21 heavy (non-hydrogen) atoms. The molecule has 1 amide bonds. The number of aliphatic hydroxyl groups is 1. The Morgan fingerprint density at radius 2 is 2.29 bits per heavy atom. The molecule has 2 heterocycles. The number of hydrogen-bond donors (Lipinski definition) is 3. The van der Waals surface area contributed by atoms with E-state index in [1.54, 1.807) is 0 Å². The highest BCUT2D eigenvalue weighted by Crippen LogP contribution is 2.21. The van der Waals surface area contributed by atoms with E-state index in [0.717, 1.165) is 13.0 Å². The molecule has 1 fully saturated rings. The van der Waals surface area contributed by atoms with Crippen LogP contribution in [0.15, 0.2) is 12.1 Å². The number of anilines is 2. The van der Waals surface area contributed by atoms with Crippen molar-refractivity contribution in [1.82, 2.24) is 4.98 Å². The molecule has 1 unspecified atom stereocenters. The zero-order valence-electron chi connectivity index (χ0n) is 11.6. The van der Waals surface area contributed by atoms with E-state index in [-0.39, 0.29) is 11.8 Å². The molecule has 114 valence electrons. The van der Waals surface area contributed by atoms with Gasteiger partial charge in [0.05, 0.1) is 18.9 Å². The van der Waals surface area contributed by atoms with E-state index in [0.29, 0.717) is 18.1 Å². The Hall–Kier alpha value is -2.19. The third kappa shape index (κ3) is 3.89. The molecule has 1 atom stereocenters. The number of rotatable bonds is 6. The normalized spacial score (nSPS) is 16.8. The van der Waals surface area contributed by atoms with E-state index in [1.807, 2.05) is 0 Å². The average Bonchev–Trinajstić information content (AvgIpc) is 2.46. The van der Waals surface area contributed by atoms with Crippen molar-refractivity contribution < 1.29 is 24.2 Å². The lowest BCUT2D eigenvalue weighted by Crippen LogP contribution is -2.34. The molecule has 8 nitrogen and oxygen atoms in total. The number of ether oxygens (including phenoxy) is 2. The summed E-state index contributed by atoms with van der Waals surface area (Å²) in [5, 5.41) is 14.3. The van der Waals surface area contributed by atoms with Crippen molar-refractivity contribution in [1.29, 1.82) is 0 Å². The maximum absolute atomic E-state index is 11.5. The van der Waals surface area contributed by atoms with Crippen LogP contribution in [0.2, 0.25) is 0 Å². The minimum Gasteiger partial charge on any atom is -0.464 e. The molecule has 3 N–H and O–H groups in total. The fourth-order valence-corrected chi connectivity index (χ4v) is 1.76. The maximum Gasteiger partial charge on any atom is 0.356 e. The van der Waals surface area contributed by atoms with Gasteiger partial charge in [-0.25, -0.2) is 9.78 Å². The Bertz CT molecular complexity index is 531. The van der Waals surface area contributed by atoms with Gasteiger partial charge in [-0.3, -0.25) is 4.79 Å². The topological polar surface area (TPSA) is 110 Å². The number of carbonyl (C=O) groups excluding carboxylic acids is 2. The first-order valence-corrected chi connectivity index (χ1v) is 6.49. The molecular weight excluding hydrogens is 278 g/mol. The van der Waals surface area contributed by atoms with Crippen LogP contribution in [0.5, 0.6) is 0 Å². The predicted octanol–water partition coefficient (Wildman–Crippen LogP) is -0.000200. The maximum atomic E-state index is 11.5. The highest BCUT2D eigenvalue weighted by Gasteiger charge is 2.19. The van der Waals surface area contributed by atoms with Crippen LogP contribution >= 0.6 is 0 Å². The van der Waals surface area contributed by atoms with E-state index in [9.17, 15) is 9.59 Å². The Kier molecular flexibility index (Phi) is 5.07. The Morgan fingerprint density at radius 1 is 1.52 bits per heavy atom. The van der Waals surface area contributed by atoms with E-state index in [4.69, 9.17) is 9.84 Å². The van der Waals surface area contributed by atoms with Crippen molar-refractivity contribution in [3.8, 4) is 0 Å². The number of carbonyl (C=O) groups is 2. The van der Waals surface area contributed by atoms with E-state index in [1.165, 1.54) is 19.2 Å². The number of esters is 1. The summed E-state index contributed by atoms with van der Waals surface area (Å²) >= 11 is 0. The van der Waals surface area contributed by atoms with E-state index >= 15 is 0 Å². The molecule has 1 aromatic rings. The summed E-state index contributed by atoms with van der Waals surface area (Å²) in [4.78, 5) is 26.9. The number of aliphatic hydroxyl groups excluding tert-OH is 1. The number of nitrogens with zero attached hydrogens (tertiary/aromatic N) is 1. The molecule has 0 bridgehead atoms. The summed E-state index contributed by atoms with van der Waals surface area (Å²) in [6.45, 7) is 0.611. The minimum absolute atomic E-state index is 0.0926. The Morgan fingerprint density at radius 3 is 2.86 bits per heavy atom. The van der Waals surface area contributed by atoms with Crippen molar-refractivity contribution in [3.63, 3.8) is 0 Å². The van der Waals surface area contributed by atoms with Gasteiger partial charge in [-0.05, 0) is 18.6 Å². The molecule has 0 aliphatic carbocycles. The van der Waals surface area contributed by atoms with Crippen molar-refractivity contribution in [2.75, 3.05) is 37.5 Å². The van der Waals surface area contributed by atoms with Gasteiger partial charge in [-0.2, -0.15) is 0 Å². The molecule has 1 aliphatic rings. The molecule has 1 aromatic heterocycles. The molecule has 2 rings (SSSR count). The highest BCUT2D eigenvalue weighted by molar-refractivity contribution is 5.95. The van der Waals surface area contributed by atoms with Crippen molar-refractivity contribution in [3.05, 3.63) is 17.8 Å². The highest BCUT2D eigenvalue weighted by atomic mass is 16.5. The summed E-state index contributed by atoms with van der Waals surface area (Å²) < 4.78 is 9.89. The van der Waals surface area contributed by atoms with Crippen LogP contribution in [0, 0.1) is 0 Å².